The summed E-state index contributed by atoms with van der Waals surface area (Å²) in [6, 6.07) is 12.0. The van der Waals surface area contributed by atoms with Gasteiger partial charge in [0.2, 0.25) is 10.0 Å². The molecule has 1 heterocycles. The fourth-order valence-corrected chi connectivity index (χ4v) is 3.97. The van der Waals surface area contributed by atoms with Gasteiger partial charge >= 0.3 is 0 Å². The van der Waals surface area contributed by atoms with Crippen LogP contribution in [0.1, 0.15) is 16.7 Å². The van der Waals surface area contributed by atoms with Gasteiger partial charge in [0, 0.05) is 23.6 Å². The van der Waals surface area contributed by atoms with Crippen LogP contribution in [0, 0.1) is 12.7 Å². The van der Waals surface area contributed by atoms with Gasteiger partial charge in [0.05, 0.1) is 5.75 Å². The van der Waals surface area contributed by atoms with Crippen LogP contribution in [0.2, 0.25) is 0 Å². The molecule has 0 saturated heterocycles. The summed E-state index contributed by atoms with van der Waals surface area (Å²) in [5.74, 6) is -0.342. The van der Waals surface area contributed by atoms with Gasteiger partial charge in [-0.3, -0.25) is 0 Å². The molecular formula is C18H19FN2O2S. The van der Waals surface area contributed by atoms with Crippen molar-refractivity contribution in [1.82, 2.24) is 9.71 Å². The lowest BCUT2D eigenvalue weighted by Gasteiger charge is -2.08. The van der Waals surface area contributed by atoms with Crippen LogP contribution in [-0.4, -0.2) is 19.9 Å². The second-order valence-electron chi connectivity index (χ2n) is 5.83. The van der Waals surface area contributed by atoms with E-state index in [2.05, 4.69) is 9.71 Å². The molecule has 0 aliphatic rings. The number of hydrogen-bond acceptors (Lipinski definition) is 2. The zero-order valence-electron chi connectivity index (χ0n) is 13.3. The van der Waals surface area contributed by atoms with Crippen LogP contribution in [0.15, 0.2) is 48.7 Å². The summed E-state index contributed by atoms with van der Waals surface area (Å²) in [5, 5.41) is 0.785. The number of hydrogen-bond donors (Lipinski definition) is 2. The van der Waals surface area contributed by atoms with E-state index in [1.54, 1.807) is 12.3 Å². The maximum atomic E-state index is 13.4. The monoisotopic (exact) mass is 346 g/mol. The maximum Gasteiger partial charge on any atom is 0.215 e. The van der Waals surface area contributed by atoms with Gasteiger partial charge < -0.3 is 4.98 Å². The summed E-state index contributed by atoms with van der Waals surface area (Å²) in [5.41, 5.74) is 3.48. The van der Waals surface area contributed by atoms with Gasteiger partial charge in [-0.05, 0) is 48.2 Å². The number of aryl methyl sites for hydroxylation is 1. The van der Waals surface area contributed by atoms with Crippen molar-refractivity contribution >= 4 is 20.9 Å². The predicted octanol–water partition coefficient (Wildman–Crippen LogP) is 3.28. The molecule has 2 aromatic carbocycles. The number of aromatic nitrogens is 1. The topological polar surface area (TPSA) is 62.0 Å². The lowest BCUT2D eigenvalue weighted by Crippen LogP contribution is -2.27. The Labute approximate surface area is 140 Å². The molecule has 0 amide bonds. The first-order valence-electron chi connectivity index (χ1n) is 7.72. The quantitative estimate of drug-likeness (QED) is 0.719. The van der Waals surface area contributed by atoms with E-state index >= 15 is 0 Å². The standard InChI is InChI=1S/C18H19FN2O2S/c1-13-4-2-3-5-15(13)12-24(22,23)21-9-8-14-11-20-18-7-6-16(19)10-17(14)18/h2-7,10-11,20-21H,8-9,12H2,1H3. The minimum Gasteiger partial charge on any atom is -0.361 e. The number of H-pyrrole nitrogens is 1. The minimum atomic E-state index is -3.41. The van der Waals surface area contributed by atoms with E-state index in [4.69, 9.17) is 0 Å². The van der Waals surface area contributed by atoms with Gasteiger partial charge in [-0.1, -0.05) is 24.3 Å². The Morgan fingerprint density at radius 2 is 1.92 bits per heavy atom. The van der Waals surface area contributed by atoms with E-state index in [0.717, 1.165) is 27.6 Å². The van der Waals surface area contributed by atoms with Gasteiger partial charge in [-0.15, -0.1) is 0 Å². The molecule has 126 valence electrons. The van der Waals surface area contributed by atoms with Crippen molar-refractivity contribution < 1.29 is 12.8 Å². The molecule has 0 aliphatic carbocycles. The molecule has 3 rings (SSSR count). The molecule has 0 unspecified atom stereocenters. The van der Waals surface area contributed by atoms with Gasteiger partial charge in [0.25, 0.3) is 0 Å². The molecule has 0 atom stereocenters. The summed E-state index contributed by atoms with van der Waals surface area (Å²) in [7, 11) is -3.41. The van der Waals surface area contributed by atoms with Crippen LogP contribution in [0.3, 0.4) is 0 Å². The van der Waals surface area contributed by atoms with Gasteiger partial charge in [-0.2, -0.15) is 0 Å². The molecule has 0 spiro atoms. The van der Waals surface area contributed by atoms with E-state index in [0.29, 0.717) is 6.42 Å². The Kier molecular flexibility index (Phi) is 4.69. The summed E-state index contributed by atoms with van der Waals surface area (Å²) in [4.78, 5) is 3.07. The van der Waals surface area contributed by atoms with Crippen molar-refractivity contribution in [2.75, 3.05) is 6.54 Å². The SMILES string of the molecule is Cc1ccccc1CS(=O)(=O)NCCc1c[nH]c2ccc(F)cc12. The Hall–Kier alpha value is -2.18. The van der Waals surface area contributed by atoms with Crippen LogP contribution < -0.4 is 4.72 Å². The average Bonchev–Trinajstić information content (AvgIpc) is 2.92. The van der Waals surface area contributed by atoms with Crippen LogP contribution in [0.5, 0.6) is 0 Å². The van der Waals surface area contributed by atoms with Gasteiger partial charge in [0.1, 0.15) is 5.82 Å². The van der Waals surface area contributed by atoms with Gasteiger partial charge in [-0.25, -0.2) is 17.5 Å². The van der Waals surface area contributed by atoms with Crippen molar-refractivity contribution in [1.29, 1.82) is 0 Å². The second kappa shape index (κ2) is 6.75. The zero-order valence-corrected chi connectivity index (χ0v) is 14.2. The smallest absolute Gasteiger partial charge is 0.215 e. The van der Waals surface area contributed by atoms with E-state index in [9.17, 15) is 12.8 Å². The minimum absolute atomic E-state index is 0.0395. The van der Waals surface area contributed by atoms with Crippen molar-refractivity contribution in [3.05, 3.63) is 71.2 Å². The molecular weight excluding hydrogens is 327 g/mol. The number of halogens is 1. The second-order valence-corrected chi connectivity index (χ2v) is 7.64. The molecule has 0 fully saturated rings. The highest BCUT2D eigenvalue weighted by Crippen LogP contribution is 2.19. The van der Waals surface area contributed by atoms with Crippen LogP contribution in [0.4, 0.5) is 4.39 Å². The first kappa shape index (κ1) is 16.7. The highest BCUT2D eigenvalue weighted by atomic mass is 32.2. The van der Waals surface area contributed by atoms with E-state index in [1.165, 1.54) is 12.1 Å². The molecule has 0 radical (unpaired) electrons. The summed E-state index contributed by atoms with van der Waals surface area (Å²) in [6.07, 6.45) is 2.29. The lowest BCUT2D eigenvalue weighted by atomic mass is 10.1. The van der Waals surface area contributed by atoms with E-state index < -0.39 is 10.0 Å². The number of rotatable bonds is 6. The highest BCUT2D eigenvalue weighted by Gasteiger charge is 2.13. The highest BCUT2D eigenvalue weighted by molar-refractivity contribution is 7.88. The van der Waals surface area contributed by atoms with E-state index in [1.807, 2.05) is 31.2 Å². The summed E-state index contributed by atoms with van der Waals surface area (Å²) >= 11 is 0. The fraction of sp³-hybridized carbons (Fsp3) is 0.222. The fourth-order valence-electron chi connectivity index (χ4n) is 2.73. The third kappa shape index (κ3) is 3.83. The lowest BCUT2D eigenvalue weighted by molar-refractivity contribution is 0.580. The molecule has 4 nitrogen and oxygen atoms in total. The molecule has 0 bridgehead atoms. The zero-order chi connectivity index (χ0) is 17.2. The van der Waals surface area contributed by atoms with Crippen molar-refractivity contribution in [2.45, 2.75) is 19.1 Å². The normalized spacial score (nSPS) is 11.9. The maximum absolute atomic E-state index is 13.4. The molecule has 0 aliphatic heterocycles. The molecule has 0 saturated carbocycles. The van der Waals surface area contributed by atoms with Gasteiger partial charge in [0.15, 0.2) is 0 Å². The molecule has 1 aromatic heterocycles. The average molecular weight is 346 g/mol. The van der Waals surface area contributed by atoms with Crippen molar-refractivity contribution in [2.24, 2.45) is 0 Å². The Morgan fingerprint density at radius 3 is 2.71 bits per heavy atom. The van der Waals surface area contributed by atoms with Crippen LogP contribution in [-0.2, 0) is 22.2 Å². The first-order chi connectivity index (χ1) is 11.4. The van der Waals surface area contributed by atoms with Crippen LogP contribution >= 0.6 is 0 Å². The third-order valence-corrected chi connectivity index (χ3v) is 5.39. The summed E-state index contributed by atoms with van der Waals surface area (Å²) in [6.45, 7) is 2.17. The van der Waals surface area contributed by atoms with E-state index in [-0.39, 0.29) is 18.1 Å². The van der Waals surface area contributed by atoms with Crippen LogP contribution in [0.25, 0.3) is 10.9 Å². The first-order valence-corrected chi connectivity index (χ1v) is 9.37. The number of sulfonamides is 1. The Balaban J connectivity index is 1.64. The molecule has 3 aromatic rings. The molecule has 24 heavy (non-hydrogen) atoms. The predicted molar refractivity (Wildman–Crippen MR) is 93.8 cm³/mol. The number of aromatic amines is 1. The number of benzene rings is 2. The largest absolute Gasteiger partial charge is 0.361 e. The third-order valence-electron chi connectivity index (χ3n) is 4.05. The summed E-state index contributed by atoms with van der Waals surface area (Å²) < 4.78 is 40.4. The Morgan fingerprint density at radius 1 is 1.12 bits per heavy atom. The molecule has 6 heteroatoms. The number of fused-ring (bicyclic) bond motifs is 1. The Bertz CT molecular complexity index is 964. The molecule has 2 N–H and O–H groups in total. The van der Waals surface area contributed by atoms with Crippen molar-refractivity contribution in [3.8, 4) is 0 Å². The van der Waals surface area contributed by atoms with Crippen molar-refractivity contribution in [3.63, 3.8) is 0 Å². The number of nitrogens with one attached hydrogen (secondary N) is 2.